The Morgan fingerprint density at radius 2 is 2.00 bits per heavy atom. The van der Waals surface area contributed by atoms with Crippen molar-refractivity contribution >= 4 is 11.3 Å². The van der Waals surface area contributed by atoms with Gasteiger partial charge in [0.25, 0.3) is 0 Å². The number of rotatable bonds is 4. The molecule has 2 aromatic carbocycles. The number of aromatic amines is 1. The third-order valence-corrected chi connectivity index (χ3v) is 3.24. The minimum absolute atomic E-state index is 0.148. The summed E-state index contributed by atoms with van der Waals surface area (Å²) in [5.74, 6) is -1.69. The highest BCUT2D eigenvalue weighted by Crippen LogP contribution is 2.29. The fraction of sp³-hybridized carbons (Fsp3) is 0. The van der Waals surface area contributed by atoms with Crippen molar-refractivity contribution in [1.29, 1.82) is 5.26 Å². The van der Waals surface area contributed by atoms with Crippen LogP contribution in [0.2, 0.25) is 0 Å². The van der Waals surface area contributed by atoms with Crippen molar-refractivity contribution < 1.29 is 8.78 Å². The molecule has 6 nitrogen and oxygen atoms in total. The number of allylic oxidation sites excluding steroid dienone is 1. The second kappa shape index (κ2) is 6.66. The van der Waals surface area contributed by atoms with E-state index in [4.69, 9.17) is 5.26 Å². The van der Waals surface area contributed by atoms with Gasteiger partial charge < -0.3 is 5.32 Å². The number of nitrogens with zero attached hydrogens (tertiary/aromatic N) is 4. The van der Waals surface area contributed by atoms with Gasteiger partial charge in [-0.05, 0) is 29.0 Å². The molecule has 1 aromatic heterocycles. The van der Waals surface area contributed by atoms with E-state index < -0.39 is 11.6 Å². The van der Waals surface area contributed by atoms with E-state index in [1.54, 1.807) is 24.3 Å². The first-order valence-electron chi connectivity index (χ1n) is 6.84. The third-order valence-electron chi connectivity index (χ3n) is 3.24. The monoisotopic (exact) mass is 324 g/mol. The number of nitrogens with one attached hydrogen (secondary N) is 2. The van der Waals surface area contributed by atoms with Crippen LogP contribution in [-0.2, 0) is 0 Å². The van der Waals surface area contributed by atoms with E-state index in [1.165, 1.54) is 12.3 Å². The molecule has 0 unspecified atom stereocenters. The summed E-state index contributed by atoms with van der Waals surface area (Å²) < 4.78 is 26.6. The minimum Gasteiger partial charge on any atom is -0.360 e. The van der Waals surface area contributed by atoms with E-state index in [9.17, 15) is 8.78 Å². The lowest BCUT2D eigenvalue weighted by molar-refractivity contribution is 0.509. The van der Waals surface area contributed by atoms with Gasteiger partial charge >= 0.3 is 0 Å². The van der Waals surface area contributed by atoms with E-state index in [-0.39, 0.29) is 11.4 Å². The van der Waals surface area contributed by atoms with Crippen LogP contribution in [0.1, 0.15) is 5.82 Å². The normalized spacial score (nSPS) is 11.1. The number of benzene rings is 2. The highest BCUT2D eigenvalue weighted by Gasteiger charge is 2.09. The first-order chi connectivity index (χ1) is 11.7. The summed E-state index contributed by atoms with van der Waals surface area (Å²) in [6.45, 7) is 0. The summed E-state index contributed by atoms with van der Waals surface area (Å²) in [5, 5.41) is 25.2. The topological polar surface area (TPSA) is 90.3 Å². The quantitative estimate of drug-likeness (QED) is 0.720. The molecule has 2 N–H and O–H groups in total. The van der Waals surface area contributed by atoms with Crippen LogP contribution < -0.4 is 5.32 Å². The lowest BCUT2D eigenvalue weighted by Crippen LogP contribution is -1.95. The lowest BCUT2D eigenvalue weighted by Gasteiger charge is -2.10. The molecule has 0 atom stereocenters. The highest BCUT2D eigenvalue weighted by atomic mass is 19.2. The summed E-state index contributed by atoms with van der Waals surface area (Å²) in [6.07, 6.45) is 1.42. The first kappa shape index (κ1) is 15.3. The molecule has 8 heteroatoms. The number of hydrogen-bond donors (Lipinski definition) is 2. The van der Waals surface area contributed by atoms with E-state index in [2.05, 4.69) is 25.9 Å². The van der Waals surface area contributed by atoms with Crippen LogP contribution in [0, 0.1) is 23.0 Å². The highest BCUT2D eigenvalue weighted by molar-refractivity contribution is 5.81. The Hall–Kier alpha value is -3.60. The molecule has 0 aliphatic rings. The summed E-state index contributed by atoms with van der Waals surface area (Å²) >= 11 is 0. The Morgan fingerprint density at radius 1 is 1.17 bits per heavy atom. The van der Waals surface area contributed by atoms with Crippen molar-refractivity contribution in [3.8, 4) is 17.2 Å². The molecule has 0 aliphatic carbocycles. The number of halogens is 2. The number of nitriles is 1. The summed E-state index contributed by atoms with van der Waals surface area (Å²) in [4.78, 5) is 0. The van der Waals surface area contributed by atoms with Crippen LogP contribution in [0.25, 0.3) is 16.7 Å². The molecule has 118 valence electrons. The molecular formula is C16H10F2N6. The van der Waals surface area contributed by atoms with Gasteiger partial charge in [-0.3, -0.25) is 0 Å². The van der Waals surface area contributed by atoms with Gasteiger partial charge in [-0.25, -0.2) is 8.78 Å². The number of anilines is 1. The third kappa shape index (κ3) is 3.10. The van der Waals surface area contributed by atoms with E-state index in [1.807, 2.05) is 6.07 Å². The van der Waals surface area contributed by atoms with Gasteiger partial charge in [0.1, 0.15) is 11.6 Å². The molecule has 1 heterocycles. The number of aromatic nitrogens is 4. The van der Waals surface area contributed by atoms with Crippen LogP contribution in [0.5, 0.6) is 0 Å². The molecule has 0 radical (unpaired) electrons. The van der Waals surface area contributed by atoms with Gasteiger partial charge in [-0.15, -0.1) is 10.2 Å². The van der Waals surface area contributed by atoms with E-state index in [0.29, 0.717) is 16.8 Å². The zero-order valence-electron chi connectivity index (χ0n) is 12.2. The zero-order chi connectivity index (χ0) is 16.9. The fourth-order valence-corrected chi connectivity index (χ4v) is 2.10. The van der Waals surface area contributed by atoms with E-state index >= 15 is 0 Å². The lowest BCUT2D eigenvalue weighted by atomic mass is 10.0. The standard InChI is InChI=1S/C16H10F2N6/c17-13-6-5-10(7-14(13)18)12-3-1-2-4-15(12)20-9-11(8-19)16-21-23-24-22-16/h1-7,9,20H,(H,21,22,23,24). The Labute approximate surface area is 135 Å². The van der Waals surface area contributed by atoms with Crippen LogP contribution in [0.4, 0.5) is 14.5 Å². The summed E-state index contributed by atoms with van der Waals surface area (Å²) in [7, 11) is 0. The summed E-state index contributed by atoms with van der Waals surface area (Å²) in [5.41, 5.74) is 1.94. The van der Waals surface area contributed by atoms with Crippen LogP contribution in [-0.4, -0.2) is 20.6 Å². The van der Waals surface area contributed by atoms with Gasteiger partial charge in [0, 0.05) is 17.5 Å². The average molecular weight is 324 g/mol. The van der Waals surface area contributed by atoms with Crippen molar-refractivity contribution in [3.05, 3.63) is 66.1 Å². The SMILES string of the molecule is N#CC(=CNc1ccccc1-c1ccc(F)c(F)c1)c1nn[nH]n1. The Morgan fingerprint density at radius 3 is 2.71 bits per heavy atom. The van der Waals surface area contributed by atoms with Crippen molar-refractivity contribution in [1.82, 2.24) is 20.6 Å². The van der Waals surface area contributed by atoms with Gasteiger partial charge in [0.15, 0.2) is 11.6 Å². The van der Waals surface area contributed by atoms with Gasteiger partial charge in [-0.1, -0.05) is 24.3 Å². The zero-order valence-corrected chi connectivity index (χ0v) is 12.2. The average Bonchev–Trinajstić information content (AvgIpc) is 3.13. The molecule has 0 fully saturated rings. The Balaban J connectivity index is 1.95. The van der Waals surface area contributed by atoms with Crippen molar-refractivity contribution in [3.63, 3.8) is 0 Å². The number of H-pyrrole nitrogens is 1. The maximum atomic E-state index is 13.5. The van der Waals surface area contributed by atoms with E-state index in [0.717, 1.165) is 12.1 Å². The Bertz CT molecular complexity index is 928. The maximum Gasteiger partial charge on any atom is 0.216 e. The largest absolute Gasteiger partial charge is 0.360 e. The predicted molar refractivity (Wildman–Crippen MR) is 83.2 cm³/mol. The van der Waals surface area contributed by atoms with Gasteiger partial charge in [0.05, 0.1) is 0 Å². The number of para-hydroxylation sites is 1. The number of hydrogen-bond acceptors (Lipinski definition) is 5. The molecule has 0 saturated carbocycles. The predicted octanol–water partition coefficient (Wildman–Crippen LogP) is 3.12. The van der Waals surface area contributed by atoms with Crippen molar-refractivity contribution in [2.24, 2.45) is 0 Å². The second-order valence-electron chi connectivity index (χ2n) is 4.72. The Kier molecular flexibility index (Phi) is 4.25. The van der Waals surface area contributed by atoms with Crippen LogP contribution in [0.15, 0.2) is 48.7 Å². The van der Waals surface area contributed by atoms with Crippen LogP contribution >= 0.6 is 0 Å². The van der Waals surface area contributed by atoms with Gasteiger partial charge in [0.2, 0.25) is 5.82 Å². The first-order valence-corrected chi connectivity index (χ1v) is 6.84. The number of tetrazole rings is 1. The van der Waals surface area contributed by atoms with Gasteiger partial charge in [-0.2, -0.15) is 10.5 Å². The maximum absolute atomic E-state index is 13.5. The molecular weight excluding hydrogens is 314 g/mol. The summed E-state index contributed by atoms with van der Waals surface area (Å²) in [6, 6.07) is 12.7. The second-order valence-corrected chi connectivity index (χ2v) is 4.72. The molecule has 0 amide bonds. The molecule has 0 aliphatic heterocycles. The molecule has 0 saturated heterocycles. The smallest absolute Gasteiger partial charge is 0.216 e. The van der Waals surface area contributed by atoms with Crippen LogP contribution in [0.3, 0.4) is 0 Å². The van der Waals surface area contributed by atoms with Crippen molar-refractivity contribution in [2.45, 2.75) is 0 Å². The fourth-order valence-electron chi connectivity index (χ4n) is 2.10. The molecule has 3 aromatic rings. The van der Waals surface area contributed by atoms with Crippen molar-refractivity contribution in [2.75, 3.05) is 5.32 Å². The molecule has 3 rings (SSSR count). The minimum atomic E-state index is -0.928. The molecule has 24 heavy (non-hydrogen) atoms. The molecule has 0 bridgehead atoms. The molecule has 0 spiro atoms.